The fraction of sp³-hybridized carbons (Fsp3) is 0.286. The molecule has 1 fully saturated rings. The van der Waals surface area contributed by atoms with Gasteiger partial charge < -0.3 is 9.84 Å². The van der Waals surface area contributed by atoms with E-state index in [2.05, 4.69) is 15.9 Å². The summed E-state index contributed by atoms with van der Waals surface area (Å²) in [5.41, 5.74) is 0.896. The highest BCUT2D eigenvalue weighted by molar-refractivity contribution is 9.11. The Morgan fingerprint density at radius 3 is 2.44 bits per heavy atom. The van der Waals surface area contributed by atoms with Crippen molar-refractivity contribution in [3.05, 3.63) is 50.6 Å². The predicted molar refractivity (Wildman–Crippen MR) is 76.2 cm³/mol. The number of thiophene rings is 1. The van der Waals surface area contributed by atoms with Gasteiger partial charge in [0.1, 0.15) is 11.9 Å². The van der Waals surface area contributed by atoms with Gasteiger partial charge in [0.2, 0.25) is 0 Å². The number of aliphatic hydroxyl groups is 1. The molecule has 1 atom stereocenters. The van der Waals surface area contributed by atoms with E-state index in [1.54, 1.807) is 11.3 Å². The van der Waals surface area contributed by atoms with Crippen LogP contribution in [0.4, 0.5) is 0 Å². The number of halogens is 1. The van der Waals surface area contributed by atoms with Crippen LogP contribution >= 0.6 is 27.3 Å². The molecule has 1 heterocycles. The minimum atomic E-state index is -0.559. The van der Waals surface area contributed by atoms with Gasteiger partial charge in [-0.05, 0) is 58.6 Å². The molecular weight excluding hydrogens is 312 g/mol. The first-order valence-corrected chi connectivity index (χ1v) is 7.53. The number of aliphatic hydroxyl groups excluding tert-OH is 1. The zero-order chi connectivity index (χ0) is 12.5. The normalized spacial score (nSPS) is 16.6. The van der Waals surface area contributed by atoms with Crippen molar-refractivity contribution in [2.75, 3.05) is 0 Å². The molecule has 0 bridgehead atoms. The van der Waals surface area contributed by atoms with Crippen LogP contribution < -0.4 is 4.74 Å². The Hall–Kier alpha value is -0.840. The number of benzene rings is 1. The Bertz CT molecular complexity index is 531. The smallest absolute Gasteiger partial charge is 0.119 e. The molecule has 1 saturated carbocycles. The maximum Gasteiger partial charge on any atom is 0.119 e. The van der Waals surface area contributed by atoms with Crippen molar-refractivity contribution < 1.29 is 9.84 Å². The van der Waals surface area contributed by atoms with E-state index in [0.29, 0.717) is 6.10 Å². The third-order valence-electron chi connectivity index (χ3n) is 2.89. The van der Waals surface area contributed by atoms with Crippen LogP contribution in [-0.4, -0.2) is 11.2 Å². The minimum Gasteiger partial charge on any atom is -0.490 e. The van der Waals surface area contributed by atoms with Crippen molar-refractivity contribution in [2.45, 2.75) is 25.0 Å². The first-order valence-electron chi connectivity index (χ1n) is 5.92. The maximum atomic E-state index is 10.2. The lowest BCUT2D eigenvalue weighted by atomic mass is 10.1. The van der Waals surface area contributed by atoms with Gasteiger partial charge in [-0.25, -0.2) is 0 Å². The second-order valence-electron chi connectivity index (χ2n) is 4.43. The van der Waals surface area contributed by atoms with Gasteiger partial charge >= 0.3 is 0 Å². The van der Waals surface area contributed by atoms with E-state index in [9.17, 15) is 5.11 Å². The van der Waals surface area contributed by atoms with Crippen LogP contribution in [0.15, 0.2) is 40.2 Å². The number of ether oxygens (including phenoxy) is 1. The zero-order valence-corrected chi connectivity index (χ0v) is 12.1. The van der Waals surface area contributed by atoms with Gasteiger partial charge in [-0.3, -0.25) is 0 Å². The molecule has 1 N–H and O–H groups in total. The molecule has 1 aromatic heterocycles. The van der Waals surface area contributed by atoms with E-state index in [1.807, 2.05) is 36.4 Å². The van der Waals surface area contributed by atoms with Crippen LogP contribution in [0.1, 0.15) is 29.4 Å². The highest BCUT2D eigenvalue weighted by atomic mass is 79.9. The molecule has 1 unspecified atom stereocenters. The Morgan fingerprint density at radius 2 is 1.89 bits per heavy atom. The summed E-state index contributed by atoms with van der Waals surface area (Å²) in [6.45, 7) is 0. The predicted octanol–water partition coefficient (Wildman–Crippen LogP) is 4.13. The SMILES string of the molecule is OC(c1ccc(OC2CC2)cc1)c1ccc(Br)s1. The fourth-order valence-electron chi connectivity index (χ4n) is 1.75. The van der Waals surface area contributed by atoms with Crippen molar-refractivity contribution >= 4 is 27.3 Å². The summed E-state index contributed by atoms with van der Waals surface area (Å²) < 4.78 is 6.72. The Labute approximate surface area is 118 Å². The summed E-state index contributed by atoms with van der Waals surface area (Å²) in [6.07, 6.45) is 2.17. The molecule has 4 heteroatoms. The maximum absolute atomic E-state index is 10.2. The lowest BCUT2D eigenvalue weighted by Crippen LogP contribution is -1.99. The van der Waals surface area contributed by atoms with Crippen molar-refractivity contribution in [3.63, 3.8) is 0 Å². The molecular formula is C14H13BrO2S. The van der Waals surface area contributed by atoms with Crippen LogP contribution in [0.25, 0.3) is 0 Å². The van der Waals surface area contributed by atoms with E-state index in [4.69, 9.17) is 4.74 Å². The fourth-order valence-corrected chi connectivity index (χ4v) is 3.18. The quantitative estimate of drug-likeness (QED) is 0.916. The highest BCUT2D eigenvalue weighted by Crippen LogP contribution is 2.32. The molecule has 1 aromatic carbocycles. The summed E-state index contributed by atoms with van der Waals surface area (Å²) in [5, 5.41) is 10.2. The molecule has 94 valence electrons. The number of hydrogen-bond donors (Lipinski definition) is 1. The lowest BCUT2D eigenvalue weighted by molar-refractivity contribution is 0.224. The van der Waals surface area contributed by atoms with Crippen molar-refractivity contribution in [3.8, 4) is 5.75 Å². The van der Waals surface area contributed by atoms with Crippen LogP contribution in [0.5, 0.6) is 5.75 Å². The molecule has 0 saturated heterocycles. The highest BCUT2D eigenvalue weighted by Gasteiger charge is 2.23. The molecule has 18 heavy (non-hydrogen) atoms. The summed E-state index contributed by atoms with van der Waals surface area (Å²) in [5.74, 6) is 0.890. The largest absolute Gasteiger partial charge is 0.490 e. The summed E-state index contributed by atoms with van der Waals surface area (Å²) in [4.78, 5) is 0.942. The van der Waals surface area contributed by atoms with Gasteiger partial charge in [0.05, 0.1) is 9.89 Å². The topological polar surface area (TPSA) is 29.5 Å². The van der Waals surface area contributed by atoms with Crippen molar-refractivity contribution in [2.24, 2.45) is 0 Å². The van der Waals surface area contributed by atoms with E-state index < -0.39 is 6.10 Å². The molecule has 0 amide bonds. The number of rotatable bonds is 4. The monoisotopic (exact) mass is 324 g/mol. The molecule has 0 spiro atoms. The van der Waals surface area contributed by atoms with E-state index in [0.717, 1.165) is 32.8 Å². The average Bonchev–Trinajstić information content (AvgIpc) is 3.09. The third kappa shape index (κ3) is 2.76. The molecule has 2 aromatic rings. The van der Waals surface area contributed by atoms with E-state index in [1.165, 1.54) is 0 Å². The molecule has 0 radical (unpaired) electrons. The Balaban J connectivity index is 1.74. The molecule has 0 aliphatic heterocycles. The third-order valence-corrected chi connectivity index (χ3v) is 4.56. The van der Waals surface area contributed by atoms with Gasteiger partial charge in [0, 0.05) is 4.88 Å². The first kappa shape index (κ1) is 12.2. The zero-order valence-electron chi connectivity index (χ0n) is 9.67. The second kappa shape index (κ2) is 5.03. The summed E-state index contributed by atoms with van der Waals surface area (Å²) in [7, 11) is 0. The molecule has 2 nitrogen and oxygen atoms in total. The van der Waals surface area contributed by atoms with Gasteiger partial charge in [0.15, 0.2) is 0 Å². The van der Waals surface area contributed by atoms with Gasteiger partial charge in [0.25, 0.3) is 0 Å². The Kier molecular flexibility index (Phi) is 3.41. The first-order chi connectivity index (χ1) is 8.72. The van der Waals surface area contributed by atoms with Gasteiger partial charge in [-0.15, -0.1) is 11.3 Å². The standard InChI is InChI=1S/C14H13BrO2S/c15-13-8-7-12(18-13)14(16)9-1-3-10(4-2-9)17-11-5-6-11/h1-4,7-8,11,14,16H,5-6H2. The van der Waals surface area contributed by atoms with Crippen LogP contribution in [0.3, 0.4) is 0 Å². The Morgan fingerprint density at radius 1 is 1.17 bits per heavy atom. The van der Waals surface area contributed by atoms with Gasteiger partial charge in [-0.1, -0.05) is 12.1 Å². The van der Waals surface area contributed by atoms with Gasteiger partial charge in [-0.2, -0.15) is 0 Å². The second-order valence-corrected chi connectivity index (χ2v) is 6.93. The average molecular weight is 325 g/mol. The van der Waals surface area contributed by atoms with Crippen LogP contribution in [-0.2, 0) is 0 Å². The van der Waals surface area contributed by atoms with E-state index >= 15 is 0 Å². The number of hydrogen-bond acceptors (Lipinski definition) is 3. The minimum absolute atomic E-state index is 0.411. The van der Waals surface area contributed by atoms with Crippen LogP contribution in [0.2, 0.25) is 0 Å². The van der Waals surface area contributed by atoms with E-state index in [-0.39, 0.29) is 0 Å². The molecule has 3 rings (SSSR count). The van der Waals surface area contributed by atoms with Crippen LogP contribution in [0, 0.1) is 0 Å². The van der Waals surface area contributed by atoms with Crippen molar-refractivity contribution in [1.29, 1.82) is 0 Å². The van der Waals surface area contributed by atoms with Crippen molar-refractivity contribution in [1.82, 2.24) is 0 Å². The molecule has 1 aliphatic rings. The summed E-state index contributed by atoms with van der Waals surface area (Å²) in [6, 6.07) is 11.6. The summed E-state index contributed by atoms with van der Waals surface area (Å²) >= 11 is 4.96. The molecule has 1 aliphatic carbocycles. The lowest BCUT2D eigenvalue weighted by Gasteiger charge is -2.10.